The van der Waals surface area contributed by atoms with Crippen LogP contribution >= 0.6 is 0 Å². The minimum atomic E-state index is 0.983. The lowest BCUT2D eigenvalue weighted by Gasteiger charge is -2.17. The largest absolute Gasteiger partial charge is 0.256 e. The van der Waals surface area contributed by atoms with Gasteiger partial charge in [0, 0.05) is 17.3 Å². The SMILES string of the molecule is c1ccc(-c2c3ccccc3c(-c3ccc(-c4cc5c6ccccc6ccc5c5ccccc45)cn3)c3ccccc23)cc1. The van der Waals surface area contributed by atoms with Gasteiger partial charge >= 0.3 is 0 Å². The fraction of sp³-hybridized carbons (Fsp3) is 0. The van der Waals surface area contributed by atoms with Crippen molar-refractivity contribution in [2.75, 3.05) is 0 Å². The van der Waals surface area contributed by atoms with E-state index in [1.807, 2.05) is 0 Å². The quantitative estimate of drug-likeness (QED) is 0.155. The lowest BCUT2D eigenvalue weighted by Crippen LogP contribution is -1.93. The molecule has 9 aromatic rings. The number of rotatable bonds is 3. The first-order chi connectivity index (χ1) is 21.8. The van der Waals surface area contributed by atoms with Crippen LogP contribution in [-0.2, 0) is 0 Å². The molecule has 0 spiro atoms. The highest BCUT2D eigenvalue weighted by Gasteiger charge is 2.17. The monoisotopic (exact) mass is 557 g/mol. The van der Waals surface area contributed by atoms with Gasteiger partial charge in [-0.05, 0) is 82.7 Å². The highest BCUT2D eigenvalue weighted by molar-refractivity contribution is 6.22. The summed E-state index contributed by atoms with van der Waals surface area (Å²) in [6, 6.07) is 56.9. The van der Waals surface area contributed by atoms with Crippen LogP contribution in [0.2, 0.25) is 0 Å². The third kappa shape index (κ3) is 3.76. The molecule has 0 saturated carbocycles. The van der Waals surface area contributed by atoms with Crippen LogP contribution in [0.15, 0.2) is 164 Å². The van der Waals surface area contributed by atoms with Crippen molar-refractivity contribution in [2.45, 2.75) is 0 Å². The van der Waals surface area contributed by atoms with Crippen LogP contribution in [0, 0.1) is 0 Å². The predicted octanol–water partition coefficient (Wildman–Crippen LogP) is 11.8. The van der Waals surface area contributed by atoms with Gasteiger partial charge in [0.15, 0.2) is 0 Å². The van der Waals surface area contributed by atoms with E-state index in [1.54, 1.807) is 0 Å². The molecule has 204 valence electrons. The van der Waals surface area contributed by atoms with Crippen molar-refractivity contribution in [1.82, 2.24) is 4.98 Å². The van der Waals surface area contributed by atoms with Gasteiger partial charge in [0.05, 0.1) is 5.69 Å². The van der Waals surface area contributed by atoms with Crippen LogP contribution in [0.5, 0.6) is 0 Å². The summed E-state index contributed by atoms with van der Waals surface area (Å²) in [4.78, 5) is 5.18. The van der Waals surface area contributed by atoms with Gasteiger partial charge in [-0.2, -0.15) is 0 Å². The van der Waals surface area contributed by atoms with E-state index in [0.717, 1.165) is 11.3 Å². The molecule has 0 fully saturated rings. The fourth-order valence-electron chi connectivity index (χ4n) is 7.12. The highest BCUT2D eigenvalue weighted by atomic mass is 14.7. The first kappa shape index (κ1) is 24.8. The lowest BCUT2D eigenvalue weighted by molar-refractivity contribution is 1.34. The standard InChI is InChI=1S/C43H27N/c1-2-13-29(14-3-1)42-35-18-8-10-20-37(35)43(38-21-11-9-19-36(38)42)41-25-23-30(27-44-41)39-26-40-31-15-5-4-12-28(31)22-24-34(40)32-16-6-7-17-33(32)39/h1-27H. The van der Waals surface area contributed by atoms with Crippen LogP contribution < -0.4 is 0 Å². The summed E-state index contributed by atoms with van der Waals surface area (Å²) in [5.74, 6) is 0. The Kier molecular flexibility index (Phi) is 5.57. The van der Waals surface area contributed by atoms with E-state index in [1.165, 1.54) is 76.1 Å². The molecule has 9 rings (SSSR count). The topological polar surface area (TPSA) is 12.9 Å². The van der Waals surface area contributed by atoms with E-state index in [0.29, 0.717) is 0 Å². The van der Waals surface area contributed by atoms with E-state index in [4.69, 9.17) is 4.98 Å². The summed E-state index contributed by atoms with van der Waals surface area (Å²) in [6.07, 6.45) is 2.06. The molecule has 1 nitrogen and oxygen atoms in total. The Hall–Kier alpha value is -5.79. The summed E-state index contributed by atoms with van der Waals surface area (Å²) in [6.45, 7) is 0. The number of benzene rings is 8. The molecule has 0 amide bonds. The first-order valence-electron chi connectivity index (χ1n) is 15.1. The predicted molar refractivity (Wildman–Crippen MR) is 188 cm³/mol. The van der Waals surface area contributed by atoms with Crippen molar-refractivity contribution in [1.29, 1.82) is 0 Å². The molecule has 0 aliphatic rings. The number of fused-ring (bicyclic) bond motifs is 7. The van der Waals surface area contributed by atoms with Crippen LogP contribution in [-0.4, -0.2) is 4.98 Å². The van der Waals surface area contributed by atoms with Crippen molar-refractivity contribution in [2.24, 2.45) is 0 Å². The van der Waals surface area contributed by atoms with Gasteiger partial charge in [0.25, 0.3) is 0 Å². The Morgan fingerprint density at radius 1 is 0.318 bits per heavy atom. The molecule has 0 radical (unpaired) electrons. The van der Waals surface area contributed by atoms with E-state index >= 15 is 0 Å². The number of aromatic nitrogens is 1. The maximum atomic E-state index is 5.18. The number of nitrogens with zero attached hydrogens (tertiary/aromatic N) is 1. The Bertz CT molecular complexity index is 2470. The Morgan fingerprint density at radius 2 is 0.864 bits per heavy atom. The maximum absolute atomic E-state index is 5.18. The van der Waals surface area contributed by atoms with Crippen molar-refractivity contribution in [3.63, 3.8) is 0 Å². The summed E-state index contributed by atoms with van der Waals surface area (Å²) in [5, 5.41) is 12.5. The summed E-state index contributed by atoms with van der Waals surface area (Å²) >= 11 is 0. The molecule has 0 N–H and O–H groups in total. The zero-order valence-corrected chi connectivity index (χ0v) is 24.0. The lowest BCUT2D eigenvalue weighted by atomic mass is 9.87. The van der Waals surface area contributed by atoms with Gasteiger partial charge < -0.3 is 0 Å². The van der Waals surface area contributed by atoms with Crippen LogP contribution in [0.25, 0.3) is 87.4 Å². The molecular formula is C43H27N. The number of pyridine rings is 1. The zero-order chi connectivity index (χ0) is 29.0. The summed E-state index contributed by atoms with van der Waals surface area (Å²) in [5.41, 5.74) is 6.98. The van der Waals surface area contributed by atoms with Gasteiger partial charge in [-0.3, -0.25) is 4.98 Å². The number of hydrogen-bond donors (Lipinski definition) is 0. The van der Waals surface area contributed by atoms with Crippen LogP contribution in [0.3, 0.4) is 0 Å². The van der Waals surface area contributed by atoms with Crippen LogP contribution in [0.4, 0.5) is 0 Å². The zero-order valence-electron chi connectivity index (χ0n) is 24.0. The van der Waals surface area contributed by atoms with E-state index in [9.17, 15) is 0 Å². The molecule has 0 unspecified atom stereocenters. The third-order valence-corrected chi connectivity index (χ3v) is 9.09. The summed E-state index contributed by atoms with van der Waals surface area (Å²) < 4.78 is 0. The van der Waals surface area contributed by atoms with Gasteiger partial charge in [-0.15, -0.1) is 0 Å². The van der Waals surface area contributed by atoms with Crippen molar-refractivity contribution in [3.05, 3.63) is 164 Å². The maximum Gasteiger partial charge on any atom is 0.0714 e. The first-order valence-corrected chi connectivity index (χ1v) is 15.1. The third-order valence-electron chi connectivity index (χ3n) is 9.09. The minimum Gasteiger partial charge on any atom is -0.256 e. The molecular weight excluding hydrogens is 530 g/mol. The molecule has 8 aromatic carbocycles. The van der Waals surface area contributed by atoms with E-state index < -0.39 is 0 Å². The number of hydrogen-bond acceptors (Lipinski definition) is 1. The highest BCUT2D eigenvalue weighted by Crippen LogP contribution is 2.44. The minimum absolute atomic E-state index is 0.983. The molecule has 1 heterocycles. The smallest absolute Gasteiger partial charge is 0.0714 e. The van der Waals surface area contributed by atoms with E-state index in [-0.39, 0.29) is 0 Å². The van der Waals surface area contributed by atoms with Gasteiger partial charge in [-0.25, -0.2) is 0 Å². The molecule has 0 saturated heterocycles. The molecule has 0 atom stereocenters. The molecule has 44 heavy (non-hydrogen) atoms. The van der Waals surface area contributed by atoms with Gasteiger partial charge in [0.2, 0.25) is 0 Å². The molecule has 0 aliphatic carbocycles. The molecule has 1 aromatic heterocycles. The normalized spacial score (nSPS) is 11.6. The average Bonchev–Trinajstić information content (AvgIpc) is 3.10. The van der Waals surface area contributed by atoms with Crippen molar-refractivity contribution >= 4 is 53.9 Å². The Morgan fingerprint density at radius 3 is 1.52 bits per heavy atom. The van der Waals surface area contributed by atoms with E-state index in [2.05, 4.69) is 164 Å². The molecule has 0 bridgehead atoms. The Labute approximate surface area is 255 Å². The van der Waals surface area contributed by atoms with Crippen molar-refractivity contribution < 1.29 is 0 Å². The molecule has 1 heteroatoms. The molecule has 0 aliphatic heterocycles. The van der Waals surface area contributed by atoms with Crippen molar-refractivity contribution in [3.8, 4) is 33.5 Å². The van der Waals surface area contributed by atoms with Gasteiger partial charge in [0.1, 0.15) is 0 Å². The van der Waals surface area contributed by atoms with Crippen LogP contribution in [0.1, 0.15) is 0 Å². The fourth-order valence-corrected chi connectivity index (χ4v) is 7.12. The Balaban J connectivity index is 1.28. The second-order valence-electron chi connectivity index (χ2n) is 11.5. The second kappa shape index (κ2) is 9.90. The van der Waals surface area contributed by atoms with Gasteiger partial charge in [-0.1, -0.05) is 146 Å². The average molecular weight is 558 g/mol. The second-order valence-corrected chi connectivity index (χ2v) is 11.5. The summed E-state index contributed by atoms with van der Waals surface area (Å²) in [7, 11) is 0.